The number of nitrogens with one attached hydrogen (secondary N) is 1. The highest BCUT2D eigenvalue weighted by Crippen LogP contribution is 2.28. The van der Waals surface area contributed by atoms with Crippen LogP contribution in [0.1, 0.15) is 53.7 Å². The normalized spacial score (nSPS) is 20.6. The Kier molecular flexibility index (Phi) is 8.75. The van der Waals surface area contributed by atoms with Crippen molar-refractivity contribution in [1.29, 1.82) is 0 Å². The van der Waals surface area contributed by atoms with Gasteiger partial charge in [0.05, 0.1) is 30.9 Å². The van der Waals surface area contributed by atoms with Crippen molar-refractivity contribution >= 4 is 17.4 Å². The number of ether oxygens (including phenoxy) is 1. The highest BCUT2D eigenvalue weighted by Gasteiger charge is 2.30. The van der Waals surface area contributed by atoms with E-state index >= 15 is 0 Å². The van der Waals surface area contributed by atoms with E-state index in [4.69, 9.17) is 17.0 Å². The van der Waals surface area contributed by atoms with Gasteiger partial charge in [-0.2, -0.15) is 0 Å². The van der Waals surface area contributed by atoms with Crippen molar-refractivity contribution in [2.45, 2.75) is 51.0 Å². The minimum absolute atomic E-state index is 0.0725. The fourth-order valence-corrected chi connectivity index (χ4v) is 5.61. The molecule has 0 bridgehead atoms. The van der Waals surface area contributed by atoms with Crippen LogP contribution in [0.25, 0.3) is 16.0 Å². The van der Waals surface area contributed by atoms with E-state index in [0.29, 0.717) is 12.6 Å². The van der Waals surface area contributed by atoms with Crippen LogP contribution in [-0.4, -0.2) is 66.1 Å². The van der Waals surface area contributed by atoms with Crippen LogP contribution >= 0.6 is 0 Å². The van der Waals surface area contributed by atoms with Gasteiger partial charge < -0.3 is 20.7 Å². The van der Waals surface area contributed by atoms with Gasteiger partial charge in [-0.25, -0.2) is 4.85 Å². The molecule has 8 nitrogen and oxygen atoms in total. The maximum absolute atomic E-state index is 12.8. The van der Waals surface area contributed by atoms with E-state index in [2.05, 4.69) is 87.4 Å². The molecule has 3 aromatic rings. The number of carbonyl (C=O) groups excluding carboxylic acids is 1. The summed E-state index contributed by atoms with van der Waals surface area (Å²) in [6, 6.07) is 19.3. The summed E-state index contributed by atoms with van der Waals surface area (Å²) in [7, 11) is 2.19. The first-order valence-electron chi connectivity index (χ1n) is 14.1. The first-order chi connectivity index (χ1) is 19.4. The van der Waals surface area contributed by atoms with Crippen molar-refractivity contribution in [2.24, 2.45) is 0 Å². The number of amides is 1. The standard InChI is InChI=1S/C32H38N6O2/c1-22(38-17-15-37(3)16-18-38)24-11-13-26(14-12-24)25-9-7-23(8-10-25)21-40-30-6-4-5-29(30)36-32(39)28-19-27(34-2)20-35-31(28)33/h7-14,19-20,22,29-30H,4-6,15-18,21H2,1,3H3,(H2,33,35)(H,36,39)/t22?,29-,30-/m0/s1. The number of hydrogen-bond donors (Lipinski definition) is 2. The van der Waals surface area contributed by atoms with Crippen LogP contribution < -0.4 is 11.1 Å². The van der Waals surface area contributed by atoms with Crippen molar-refractivity contribution < 1.29 is 9.53 Å². The fourth-order valence-electron chi connectivity index (χ4n) is 5.61. The molecule has 8 heteroatoms. The molecule has 2 aromatic carbocycles. The van der Waals surface area contributed by atoms with Crippen LogP contribution in [0.3, 0.4) is 0 Å². The number of nitrogens with two attached hydrogens (primary N) is 1. The van der Waals surface area contributed by atoms with Crippen LogP contribution in [0, 0.1) is 6.57 Å². The van der Waals surface area contributed by atoms with Crippen molar-refractivity contribution in [3.63, 3.8) is 0 Å². The van der Waals surface area contributed by atoms with Gasteiger partial charge in [0, 0.05) is 38.4 Å². The lowest BCUT2D eigenvalue weighted by Crippen LogP contribution is -2.45. The molecule has 3 atom stereocenters. The van der Waals surface area contributed by atoms with Crippen molar-refractivity contribution in [3.8, 4) is 11.1 Å². The molecule has 1 aromatic heterocycles. The second kappa shape index (κ2) is 12.6. The molecule has 1 saturated heterocycles. The second-order valence-corrected chi connectivity index (χ2v) is 10.9. The van der Waals surface area contributed by atoms with Gasteiger partial charge in [0.2, 0.25) is 5.69 Å². The minimum Gasteiger partial charge on any atom is -0.383 e. The summed E-state index contributed by atoms with van der Waals surface area (Å²) in [6.07, 6.45) is 4.01. The Morgan fingerprint density at radius 1 is 1.10 bits per heavy atom. The van der Waals surface area contributed by atoms with Gasteiger partial charge in [0.25, 0.3) is 5.91 Å². The van der Waals surface area contributed by atoms with E-state index in [1.807, 2.05) is 0 Å². The molecule has 2 aliphatic rings. The SMILES string of the molecule is [C-]#[N+]c1cnc(N)c(C(=O)N[C@H]2CCC[C@@H]2OCc2ccc(-c3ccc(C(C)N4CCN(C)CC4)cc3)cc2)c1. The van der Waals surface area contributed by atoms with Gasteiger partial charge in [-0.3, -0.25) is 14.7 Å². The van der Waals surface area contributed by atoms with Gasteiger partial charge in [0.15, 0.2) is 0 Å². The Morgan fingerprint density at radius 2 is 1.77 bits per heavy atom. The molecule has 1 aliphatic carbocycles. The minimum atomic E-state index is -0.315. The lowest BCUT2D eigenvalue weighted by molar-refractivity contribution is 0.0272. The van der Waals surface area contributed by atoms with Gasteiger partial charge in [-0.05, 0) is 61.6 Å². The predicted octanol–water partition coefficient (Wildman–Crippen LogP) is 5.06. The quantitative estimate of drug-likeness (QED) is 0.390. The zero-order chi connectivity index (χ0) is 28.1. The number of piperazine rings is 1. The van der Waals surface area contributed by atoms with Gasteiger partial charge in [-0.15, -0.1) is 0 Å². The molecule has 0 radical (unpaired) electrons. The average molecular weight is 539 g/mol. The van der Waals surface area contributed by atoms with Crippen molar-refractivity contribution in [3.05, 3.63) is 88.9 Å². The van der Waals surface area contributed by atoms with Crippen LogP contribution in [0.15, 0.2) is 60.8 Å². The van der Waals surface area contributed by atoms with E-state index in [-0.39, 0.29) is 35.1 Å². The maximum atomic E-state index is 12.8. The summed E-state index contributed by atoms with van der Waals surface area (Å²) in [5.41, 5.74) is 11.3. The van der Waals surface area contributed by atoms with E-state index in [0.717, 1.165) is 51.0 Å². The van der Waals surface area contributed by atoms with Crippen LogP contribution in [0.5, 0.6) is 0 Å². The zero-order valence-electron chi connectivity index (χ0n) is 23.3. The predicted molar refractivity (Wildman–Crippen MR) is 158 cm³/mol. The topological polar surface area (TPSA) is 88.1 Å². The average Bonchev–Trinajstić information content (AvgIpc) is 3.43. The lowest BCUT2D eigenvalue weighted by Gasteiger charge is -2.36. The van der Waals surface area contributed by atoms with Gasteiger partial charge >= 0.3 is 0 Å². The number of hydrogen-bond acceptors (Lipinski definition) is 6. The van der Waals surface area contributed by atoms with Crippen LogP contribution in [0.4, 0.5) is 11.5 Å². The highest BCUT2D eigenvalue weighted by molar-refractivity contribution is 5.99. The summed E-state index contributed by atoms with van der Waals surface area (Å²) in [5.74, 6) is -0.191. The molecule has 1 saturated carbocycles. The largest absolute Gasteiger partial charge is 0.383 e. The zero-order valence-corrected chi connectivity index (χ0v) is 23.3. The smallest absolute Gasteiger partial charge is 0.254 e. The Hall–Kier alpha value is -3.77. The van der Waals surface area contributed by atoms with Crippen molar-refractivity contribution in [1.82, 2.24) is 20.1 Å². The molecule has 3 N–H and O–H groups in total. The first kappa shape index (κ1) is 27.8. The number of carbonyl (C=O) groups is 1. The molecule has 208 valence electrons. The number of pyridine rings is 1. The number of likely N-dealkylation sites (N-methyl/N-ethyl adjacent to an activating group) is 1. The molecule has 1 amide bonds. The highest BCUT2D eigenvalue weighted by atomic mass is 16.5. The molecule has 2 heterocycles. The third-order valence-corrected chi connectivity index (χ3v) is 8.28. The lowest BCUT2D eigenvalue weighted by atomic mass is 9.99. The fraction of sp³-hybridized carbons (Fsp3) is 0.406. The Labute approximate surface area is 237 Å². The Bertz CT molecular complexity index is 1340. The molecule has 1 unspecified atom stereocenters. The monoisotopic (exact) mass is 538 g/mol. The number of benzene rings is 2. The van der Waals surface area contributed by atoms with E-state index < -0.39 is 0 Å². The van der Waals surface area contributed by atoms with Gasteiger partial charge in [0.1, 0.15) is 5.82 Å². The number of anilines is 1. The van der Waals surface area contributed by atoms with Gasteiger partial charge in [-0.1, -0.05) is 48.5 Å². The first-order valence-corrected chi connectivity index (χ1v) is 14.1. The summed E-state index contributed by atoms with van der Waals surface area (Å²) in [4.78, 5) is 25.1. The number of rotatable bonds is 8. The third-order valence-electron chi connectivity index (χ3n) is 8.28. The molecular formula is C32H38N6O2. The third kappa shape index (κ3) is 6.50. The second-order valence-electron chi connectivity index (χ2n) is 10.9. The number of nitrogens with zero attached hydrogens (tertiary/aromatic N) is 4. The molecular weight excluding hydrogens is 500 g/mol. The van der Waals surface area contributed by atoms with E-state index in [1.54, 1.807) is 0 Å². The van der Waals surface area contributed by atoms with Crippen LogP contribution in [0.2, 0.25) is 0 Å². The summed E-state index contributed by atoms with van der Waals surface area (Å²) in [5, 5.41) is 3.05. The molecule has 5 rings (SSSR count). The Morgan fingerprint density at radius 3 is 2.45 bits per heavy atom. The van der Waals surface area contributed by atoms with Crippen molar-refractivity contribution in [2.75, 3.05) is 39.0 Å². The maximum Gasteiger partial charge on any atom is 0.254 e. The van der Waals surface area contributed by atoms with E-state index in [9.17, 15) is 4.79 Å². The Balaban J connectivity index is 1.15. The molecule has 40 heavy (non-hydrogen) atoms. The number of aromatic nitrogens is 1. The van der Waals surface area contributed by atoms with E-state index in [1.165, 1.54) is 29.0 Å². The number of nitrogen functional groups attached to an aromatic ring is 1. The molecule has 2 fully saturated rings. The summed E-state index contributed by atoms with van der Waals surface area (Å²) < 4.78 is 6.25. The summed E-state index contributed by atoms with van der Waals surface area (Å²) >= 11 is 0. The molecule has 1 aliphatic heterocycles. The van der Waals surface area contributed by atoms with Crippen LogP contribution in [-0.2, 0) is 11.3 Å². The molecule has 0 spiro atoms. The summed E-state index contributed by atoms with van der Waals surface area (Å²) in [6.45, 7) is 14.4.